The van der Waals surface area contributed by atoms with Crippen molar-refractivity contribution >= 4 is 21.7 Å². The van der Waals surface area contributed by atoms with Gasteiger partial charge in [0.2, 0.25) is 0 Å². The Morgan fingerprint density at radius 2 is 2.17 bits per heavy atom. The van der Waals surface area contributed by atoms with E-state index >= 15 is 0 Å². The number of hydrogen-bond acceptors (Lipinski definition) is 7. The maximum absolute atomic E-state index is 12.7. The van der Waals surface area contributed by atoms with Crippen molar-refractivity contribution in [2.45, 2.75) is 13.0 Å². The molecule has 0 amide bonds. The van der Waals surface area contributed by atoms with Gasteiger partial charge in [0.25, 0.3) is 16.6 Å². The van der Waals surface area contributed by atoms with Gasteiger partial charge < -0.3 is 0 Å². The predicted octanol–water partition coefficient (Wildman–Crippen LogP) is 0.521. The molecular weight excluding hydrogens is 350 g/mol. The van der Waals surface area contributed by atoms with Crippen LogP contribution in [0, 0.1) is 5.41 Å². The van der Waals surface area contributed by atoms with Crippen LogP contribution in [0.5, 0.6) is 0 Å². The maximum atomic E-state index is 12.7. The van der Waals surface area contributed by atoms with Gasteiger partial charge in [-0.15, -0.1) is 0 Å². The maximum Gasteiger partial charge on any atom is 0.274 e. The van der Waals surface area contributed by atoms with Crippen molar-refractivity contribution in [1.82, 2.24) is 15.0 Å². The normalized spacial score (nSPS) is 11.7. The van der Waals surface area contributed by atoms with Gasteiger partial charge in [-0.2, -0.15) is 13.1 Å². The minimum atomic E-state index is -4.02. The molecule has 0 spiro atoms. The molecule has 0 atom stereocenters. The molecule has 0 unspecified atom stereocenters. The highest BCUT2D eigenvalue weighted by Crippen LogP contribution is 2.24. The van der Waals surface area contributed by atoms with E-state index in [1.165, 1.54) is 12.1 Å². The van der Waals surface area contributed by atoms with E-state index in [0.717, 1.165) is 12.1 Å². The number of anilines is 1. The lowest BCUT2D eigenvalue weighted by Crippen LogP contribution is -2.32. The summed E-state index contributed by atoms with van der Waals surface area (Å²) in [6.07, 6.45) is -2.75. The fraction of sp³-hybridized carbons (Fsp3) is 0.182. The van der Waals surface area contributed by atoms with Gasteiger partial charge in [0.15, 0.2) is 11.5 Å². The molecule has 13 heteroatoms. The highest BCUT2D eigenvalue weighted by atomic mass is 32.2. The van der Waals surface area contributed by atoms with Crippen molar-refractivity contribution in [3.8, 4) is 0 Å². The topological polar surface area (TPSA) is 158 Å². The third-order valence-electron chi connectivity index (χ3n) is 2.80. The van der Waals surface area contributed by atoms with Crippen molar-refractivity contribution in [2.24, 2.45) is 5.14 Å². The molecule has 0 aliphatic heterocycles. The van der Waals surface area contributed by atoms with Gasteiger partial charge in [-0.25, -0.2) is 23.6 Å². The van der Waals surface area contributed by atoms with Gasteiger partial charge in [-0.1, -0.05) is 17.3 Å². The van der Waals surface area contributed by atoms with E-state index in [2.05, 4.69) is 14.9 Å². The number of benzene rings is 1. The van der Waals surface area contributed by atoms with Gasteiger partial charge in [0.05, 0.1) is 12.2 Å². The Labute approximate surface area is 134 Å². The first kappa shape index (κ1) is 17.9. The third-order valence-corrected chi connectivity index (χ3v) is 3.35. The van der Waals surface area contributed by atoms with E-state index < -0.39 is 29.0 Å². The number of halogens is 2. The second-order valence-electron chi connectivity index (χ2n) is 4.48. The molecule has 130 valence electrons. The summed E-state index contributed by atoms with van der Waals surface area (Å²) in [7, 11) is -4.02. The van der Waals surface area contributed by atoms with E-state index in [0.29, 0.717) is 0 Å². The summed E-state index contributed by atoms with van der Waals surface area (Å²) in [5, 5.41) is 29.7. The largest absolute Gasteiger partial charge is 0.282 e. The first-order valence-electron chi connectivity index (χ1n) is 6.24. The predicted molar refractivity (Wildman–Crippen MR) is 76.7 cm³/mol. The zero-order valence-corrected chi connectivity index (χ0v) is 12.7. The molecule has 1 aromatic heterocycles. The number of amidine groups is 1. The number of nitrogens with zero attached hydrogens (tertiary/aromatic N) is 3. The molecule has 0 fully saturated rings. The molecule has 2 aromatic rings. The molecule has 10 nitrogen and oxygen atoms in total. The molecule has 0 radical (unpaired) electrons. The monoisotopic (exact) mass is 362 g/mol. The summed E-state index contributed by atoms with van der Waals surface area (Å²) >= 11 is 0. The average Bonchev–Trinajstić information content (AvgIpc) is 2.99. The third kappa shape index (κ3) is 4.29. The van der Waals surface area contributed by atoms with E-state index in [4.69, 9.17) is 10.5 Å². The van der Waals surface area contributed by atoms with E-state index in [1.807, 2.05) is 4.72 Å². The summed E-state index contributed by atoms with van der Waals surface area (Å²) < 4.78 is 53.4. The molecule has 0 bridgehead atoms. The Morgan fingerprint density at radius 1 is 1.46 bits per heavy atom. The summed E-state index contributed by atoms with van der Waals surface area (Å²) in [5.41, 5.74) is -0.894. The molecule has 0 aliphatic carbocycles. The number of hydroxylamine groups is 1. The lowest BCUT2D eigenvalue weighted by molar-refractivity contribution is 0.151. The number of rotatable bonds is 6. The van der Waals surface area contributed by atoms with Crippen LogP contribution < -0.4 is 14.9 Å². The minimum Gasteiger partial charge on any atom is -0.282 e. The summed E-state index contributed by atoms with van der Waals surface area (Å²) in [5.74, 6) is -0.658. The van der Waals surface area contributed by atoms with Crippen LogP contribution in [0.3, 0.4) is 0 Å². The summed E-state index contributed by atoms with van der Waals surface area (Å²) in [6, 6.07) is 4.70. The van der Waals surface area contributed by atoms with Gasteiger partial charge >= 0.3 is 0 Å². The summed E-state index contributed by atoms with van der Waals surface area (Å²) in [4.78, 5) is 0. The minimum absolute atomic E-state index is 0.119. The van der Waals surface area contributed by atoms with Crippen LogP contribution in [0.15, 0.2) is 28.9 Å². The van der Waals surface area contributed by atoms with Crippen LogP contribution in [-0.4, -0.2) is 29.8 Å². The quantitative estimate of drug-likeness (QED) is 0.331. The van der Waals surface area contributed by atoms with E-state index in [-0.39, 0.29) is 27.7 Å². The van der Waals surface area contributed by atoms with E-state index in [1.54, 1.807) is 0 Å². The first-order chi connectivity index (χ1) is 11.2. The molecule has 0 saturated carbocycles. The van der Waals surface area contributed by atoms with Crippen molar-refractivity contribution in [3.05, 3.63) is 41.2 Å². The standard InChI is InChI=1S/C11H12F2N6O4S/c12-10(13)6-2-1-3-7(4-6)19(20)11(14)9-8(17-23-18-9)5-16-24(15,21)22/h1-4,10,14,16,20H,5H2,(H2,15,21,22). The van der Waals surface area contributed by atoms with Gasteiger partial charge in [-0.3, -0.25) is 10.6 Å². The lowest BCUT2D eigenvalue weighted by Gasteiger charge is -2.17. The number of alkyl halides is 2. The van der Waals surface area contributed by atoms with Crippen LogP contribution in [0.4, 0.5) is 14.5 Å². The number of nitrogens with one attached hydrogen (secondary N) is 2. The van der Waals surface area contributed by atoms with Crippen molar-refractivity contribution < 1.29 is 27.0 Å². The molecule has 0 aliphatic rings. The second kappa shape index (κ2) is 6.96. The Hall–Kier alpha value is -2.48. The lowest BCUT2D eigenvalue weighted by atomic mass is 10.2. The van der Waals surface area contributed by atoms with Crippen molar-refractivity contribution in [3.63, 3.8) is 0 Å². The zero-order chi connectivity index (χ0) is 17.9. The SMILES string of the molecule is N=C(c1nonc1CNS(N)(=O)=O)N(O)c1cccc(C(F)F)c1. The van der Waals surface area contributed by atoms with E-state index in [9.17, 15) is 22.4 Å². The van der Waals surface area contributed by atoms with Gasteiger partial charge in [0.1, 0.15) is 5.69 Å². The fourth-order valence-electron chi connectivity index (χ4n) is 1.69. The number of aromatic nitrogens is 2. The Bertz CT molecular complexity index is 841. The molecule has 1 heterocycles. The fourth-order valence-corrected chi connectivity index (χ4v) is 2.03. The van der Waals surface area contributed by atoms with Gasteiger partial charge in [-0.05, 0) is 17.3 Å². The van der Waals surface area contributed by atoms with Crippen LogP contribution >= 0.6 is 0 Å². The smallest absolute Gasteiger partial charge is 0.274 e. The Balaban J connectivity index is 2.23. The highest BCUT2D eigenvalue weighted by molar-refractivity contribution is 7.87. The number of hydrogen-bond donors (Lipinski definition) is 4. The zero-order valence-electron chi connectivity index (χ0n) is 11.8. The molecule has 24 heavy (non-hydrogen) atoms. The van der Waals surface area contributed by atoms with Crippen molar-refractivity contribution in [2.75, 3.05) is 5.06 Å². The van der Waals surface area contributed by atoms with Crippen LogP contribution in [-0.2, 0) is 16.8 Å². The van der Waals surface area contributed by atoms with Crippen molar-refractivity contribution in [1.29, 1.82) is 5.41 Å². The Kier molecular flexibility index (Phi) is 5.18. The molecule has 0 saturated heterocycles. The average molecular weight is 362 g/mol. The molecule has 2 rings (SSSR count). The van der Waals surface area contributed by atoms with Crippen LogP contribution in [0.25, 0.3) is 0 Å². The molecule has 5 N–H and O–H groups in total. The summed E-state index contributed by atoms with van der Waals surface area (Å²) in [6.45, 7) is -0.440. The first-order valence-corrected chi connectivity index (χ1v) is 7.78. The molecular formula is C11H12F2N6O4S. The number of nitrogens with two attached hydrogens (primary N) is 1. The Morgan fingerprint density at radius 3 is 2.79 bits per heavy atom. The molecule has 1 aromatic carbocycles. The second-order valence-corrected chi connectivity index (χ2v) is 5.86. The van der Waals surface area contributed by atoms with Crippen LogP contribution in [0.2, 0.25) is 0 Å². The van der Waals surface area contributed by atoms with Crippen LogP contribution in [0.1, 0.15) is 23.4 Å². The van der Waals surface area contributed by atoms with Gasteiger partial charge in [0, 0.05) is 5.56 Å². The highest BCUT2D eigenvalue weighted by Gasteiger charge is 2.22.